The number of aliphatic carboxylic acids is 1. The van der Waals surface area contributed by atoms with Gasteiger partial charge >= 0.3 is 5.97 Å². The fraction of sp³-hybridized carbons (Fsp3) is 0.750. The van der Waals surface area contributed by atoms with Crippen LogP contribution < -0.4 is 11.1 Å². The van der Waals surface area contributed by atoms with Gasteiger partial charge in [-0.1, -0.05) is 13.8 Å². The Morgan fingerprint density at radius 2 is 1.83 bits per heavy atom. The zero-order chi connectivity index (χ0) is 13.9. The Morgan fingerprint density at radius 1 is 1.22 bits per heavy atom. The van der Waals surface area contributed by atoms with Gasteiger partial charge < -0.3 is 16.2 Å². The molecule has 1 aliphatic rings. The van der Waals surface area contributed by atoms with Gasteiger partial charge in [-0.3, -0.25) is 14.4 Å². The van der Waals surface area contributed by atoms with Crippen LogP contribution in [0.15, 0.2) is 0 Å². The molecule has 0 spiro atoms. The fourth-order valence-electron chi connectivity index (χ4n) is 2.33. The van der Waals surface area contributed by atoms with Gasteiger partial charge in [0.2, 0.25) is 11.8 Å². The van der Waals surface area contributed by atoms with E-state index in [2.05, 4.69) is 5.32 Å². The van der Waals surface area contributed by atoms with E-state index in [0.717, 1.165) is 0 Å². The lowest BCUT2D eigenvalue weighted by Crippen LogP contribution is -2.28. The van der Waals surface area contributed by atoms with E-state index in [9.17, 15) is 14.4 Å². The number of hydrogen-bond donors (Lipinski definition) is 3. The van der Waals surface area contributed by atoms with Crippen molar-refractivity contribution in [2.45, 2.75) is 33.1 Å². The first-order valence-corrected chi connectivity index (χ1v) is 6.07. The highest BCUT2D eigenvalue weighted by atomic mass is 16.4. The zero-order valence-corrected chi connectivity index (χ0v) is 10.7. The third kappa shape index (κ3) is 3.21. The van der Waals surface area contributed by atoms with Crippen molar-refractivity contribution in [1.29, 1.82) is 0 Å². The molecule has 0 saturated heterocycles. The van der Waals surface area contributed by atoms with Gasteiger partial charge in [0.1, 0.15) is 0 Å². The molecule has 1 fully saturated rings. The number of hydrogen-bond acceptors (Lipinski definition) is 3. The van der Waals surface area contributed by atoms with Crippen molar-refractivity contribution in [2.24, 2.45) is 23.0 Å². The number of primary amides is 1. The quantitative estimate of drug-likeness (QED) is 0.562. The van der Waals surface area contributed by atoms with Crippen LogP contribution in [0.1, 0.15) is 33.1 Å². The Bertz CT molecular complexity index is 365. The first kappa shape index (κ1) is 14.5. The summed E-state index contributed by atoms with van der Waals surface area (Å²) in [6.45, 7) is 4.01. The molecule has 1 rings (SSSR count). The van der Waals surface area contributed by atoms with Gasteiger partial charge in [-0.25, -0.2) is 0 Å². The molecule has 0 radical (unpaired) electrons. The number of nitrogens with two attached hydrogens (primary N) is 1. The number of unbranched alkanes of at least 4 members (excludes halogenated alkanes) is 1. The predicted octanol–water partition coefficient (Wildman–Crippen LogP) is 0.115. The summed E-state index contributed by atoms with van der Waals surface area (Å²) in [5.41, 5.74) is 4.52. The Balaban J connectivity index is 2.27. The minimum absolute atomic E-state index is 0.216. The smallest absolute Gasteiger partial charge is 0.307 e. The average Bonchev–Trinajstić information content (AvgIpc) is 2.80. The van der Waals surface area contributed by atoms with E-state index >= 15 is 0 Å². The maximum atomic E-state index is 11.8. The summed E-state index contributed by atoms with van der Waals surface area (Å²) in [5.74, 6) is -2.54. The monoisotopic (exact) mass is 256 g/mol. The minimum atomic E-state index is -0.922. The number of carbonyl (C=O) groups excluding carboxylic acids is 2. The van der Waals surface area contributed by atoms with Crippen LogP contribution in [0.2, 0.25) is 0 Å². The largest absolute Gasteiger partial charge is 0.481 e. The Kier molecular flexibility index (Phi) is 4.32. The summed E-state index contributed by atoms with van der Waals surface area (Å²) < 4.78 is 0. The molecule has 2 atom stereocenters. The zero-order valence-electron chi connectivity index (χ0n) is 10.7. The van der Waals surface area contributed by atoms with E-state index < -0.39 is 23.2 Å². The lowest BCUT2D eigenvalue weighted by molar-refractivity contribution is -0.140. The van der Waals surface area contributed by atoms with Gasteiger partial charge in [0.15, 0.2) is 0 Å². The molecule has 0 bridgehead atoms. The van der Waals surface area contributed by atoms with Gasteiger partial charge in [-0.05, 0) is 18.3 Å². The molecule has 2 amide bonds. The van der Waals surface area contributed by atoms with Crippen LogP contribution in [0.25, 0.3) is 0 Å². The molecule has 6 nitrogen and oxygen atoms in total. The van der Waals surface area contributed by atoms with Crippen molar-refractivity contribution in [3.05, 3.63) is 0 Å². The Hall–Kier alpha value is -1.59. The molecule has 0 heterocycles. The van der Waals surface area contributed by atoms with Gasteiger partial charge in [-0.15, -0.1) is 0 Å². The highest BCUT2D eigenvalue weighted by molar-refractivity contribution is 5.91. The van der Waals surface area contributed by atoms with Gasteiger partial charge in [0.25, 0.3) is 0 Å². The summed E-state index contributed by atoms with van der Waals surface area (Å²) in [7, 11) is 0. The highest BCUT2D eigenvalue weighted by Crippen LogP contribution is 2.58. The second kappa shape index (κ2) is 5.37. The van der Waals surface area contributed by atoms with E-state index in [1.807, 2.05) is 0 Å². The van der Waals surface area contributed by atoms with E-state index in [1.165, 1.54) is 0 Å². The number of carbonyl (C=O) groups is 3. The maximum Gasteiger partial charge on any atom is 0.307 e. The lowest BCUT2D eigenvalue weighted by atomic mass is 10.1. The predicted molar refractivity (Wildman–Crippen MR) is 64.5 cm³/mol. The molecular weight excluding hydrogens is 236 g/mol. The van der Waals surface area contributed by atoms with Crippen molar-refractivity contribution in [3.8, 4) is 0 Å². The van der Waals surface area contributed by atoms with Crippen LogP contribution in [0, 0.1) is 17.3 Å². The van der Waals surface area contributed by atoms with E-state index in [1.54, 1.807) is 13.8 Å². The molecule has 2 unspecified atom stereocenters. The van der Waals surface area contributed by atoms with Crippen molar-refractivity contribution in [2.75, 3.05) is 6.54 Å². The molecular formula is C12H20N2O4. The standard InChI is InChI=1S/C12H20N2O4/c1-12(2)8(9(12)11(17)18)10(16)14-6-4-3-5-7(13)15/h8-9H,3-6H2,1-2H3,(H2,13,15)(H,14,16)(H,17,18). The molecule has 0 aromatic rings. The topological polar surface area (TPSA) is 109 Å². The van der Waals surface area contributed by atoms with Gasteiger partial charge in [0, 0.05) is 13.0 Å². The first-order chi connectivity index (χ1) is 8.28. The molecule has 18 heavy (non-hydrogen) atoms. The van der Waals surface area contributed by atoms with Crippen molar-refractivity contribution < 1.29 is 19.5 Å². The molecule has 6 heteroatoms. The van der Waals surface area contributed by atoms with Crippen LogP contribution in [-0.2, 0) is 14.4 Å². The lowest BCUT2D eigenvalue weighted by Gasteiger charge is -2.05. The SMILES string of the molecule is CC1(C)C(C(=O)O)C1C(=O)NCCCCC(N)=O. The van der Waals surface area contributed by atoms with Gasteiger partial charge in [-0.2, -0.15) is 0 Å². The number of amides is 2. The second-order valence-electron chi connectivity index (χ2n) is 5.33. The van der Waals surface area contributed by atoms with Crippen molar-refractivity contribution >= 4 is 17.8 Å². The van der Waals surface area contributed by atoms with Crippen molar-refractivity contribution in [3.63, 3.8) is 0 Å². The molecule has 0 aromatic heterocycles. The summed E-state index contributed by atoms with van der Waals surface area (Å²) in [5, 5.41) is 11.7. The number of nitrogens with one attached hydrogen (secondary N) is 1. The molecule has 0 aliphatic heterocycles. The van der Waals surface area contributed by atoms with Crippen LogP contribution in [-0.4, -0.2) is 29.4 Å². The number of carboxylic acid groups (broad SMARTS) is 1. The van der Waals surface area contributed by atoms with Crippen LogP contribution in [0.3, 0.4) is 0 Å². The Labute approximate surface area is 106 Å². The third-order valence-electron chi connectivity index (χ3n) is 3.53. The van der Waals surface area contributed by atoms with E-state index in [4.69, 9.17) is 10.8 Å². The average molecular weight is 256 g/mol. The maximum absolute atomic E-state index is 11.8. The summed E-state index contributed by atoms with van der Waals surface area (Å²) in [4.78, 5) is 33.2. The van der Waals surface area contributed by atoms with E-state index in [0.29, 0.717) is 25.8 Å². The number of rotatable bonds is 7. The normalized spacial score (nSPS) is 24.3. The summed E-state index contributed by atoms with van der Waals surface area (Å²) in [6.07, 6.45) is 1.61. The third-order valence-corrected chi connectivity index (χ3v) is 3.53. The molecule has 1 aliphatic carbocycles. The first-order valence-electron chi connectivity index (χ1n) is 6.07. The molecule has 4 N–H and O–H groups in total. The van der Waals surface area contributed by atoms with Gasteiger partial charge in [0.05, 0.1) is 11.8 Å². The van der Waals surface area contributed by atoms with Crippen LogP contribution >= 0.6 is 0 Å². The number of carboxylic acids is 1. The van der Waals surface area contributed by atoms with E-state index in [-0.39, 0.29) is 11.8 Å². The summed E-state index contributed by atoms with van der Waals surface area (Å²) in [6, 6.07) is 0. The second-order valence-corrected chi connectivity index (χ2v) is 5.33. The minimum Gasteiger partial charge on any atom is -0.481 e. The molecule has 0 aromatic carbocycles. The highest BCUT2D eigenvalue weighted by Gasteiger charge is 2.65. The molecule has 102 valence electrons. The summed E-state index contributed by atoms with van der Waals surface area (Å²) >= 11 is 0. The fourth-order valence-corrected chi connectivity index (χ4v) is 2.33. The van der Waals surface area contributed by atoms with Crippen molar-refractivity contribution in [1.82, 2.24) is 5.32 Å². The Morgan fingerprint density at radius 3 is 2.28 bits per heavy atom. The molecule has 1 saturated carbocycles. The van der Waals surface area contributed by atoms with Crippen LogP contribution in [0.4, 0.5) is 0 Å². The van der Waals surface area contributed by atoms with Crippen LogP contribution in [0.5, 0.6) is 0 Å².